The summed E-state index contributed by atoms with van der Waals surface area (Å²) >= 11 is 21.3. The Labute approximate surface area is 66.5 Å². The van der Waals surface area contributed by atoms with Crippen LogP contribution in [0.3, 0.4) is 0 Å². The van der Waals surface area contributed by atoms with Crippen LogP contribution in [-0.4, -0.2) is 19.9 Å². The first-order valence-corrected chi connectivity index (χ1v) is 3.35. The van der Waals surface area contributed by atoms with Crippen LogP contribution < -0.4 is 0 Å². The minimum absolute atomic E-state index is 1.03. The molecule has 1 rings (SSSR count). The van der Waals surface area contributed by atoms with Crippen LogP contribution in [0.25, 0.3) is 0 Å². The van der Waals surface area contributed by atoms with Crippen LogP contribution >= 0.6 is 46.4 Å². The van der Waals surface area contributed by atoms with Crippen LogP contribution in [0.1, 0.15) is 0 Å². The van der Waals surface area contributed by atoms with E-state index in [-0.39, 0.29) is 0 Å². The quantitative estimate of drug-likeness (QED) is 0.584. The van der Waals surface area contributed by atoms with Crippen molar-refractivity contribution in [3.05, 3.63) is 0 Å². The molecule has 0 bridgehead atoms. The lowest BCUT2D eigenvalue weighted by molar-refractivity contribution is 0.273. The molecule has 0 amide bonds. The molecule has 0 aromatic heterocycles. The Balaban J connectivity index is 2.72. The summed E-state index contributed by atoms with van der Waals surface area (Å²) < 4.78 is -2.73. The molecule has 1 fully saturated rings. The summed E-state index contributed by atoms with van der Waals surface area (Å²) in [6, 6.07) is 0. The Morgan fingerprint density at radius 3 is 1.12 bits per heavy atom. The van der Waals surface area contributed by atoms with Crippen molar-refractivity contribution < 1.29 is 5.11 Å². The maximum Gasteiger partial charge on any atom is 0.182 e. The van der Waals surface area contributed by atoms with Crippen molar-refractivity contribution in [2.24, 2.45) is 0 Å². The number of hydrogen-bond acceptors (Lipinski definition) is 1. The number of aliphatic hydroxyl groups excluding tert-OH is 1. The lowest BCUT2D eigenvalue weighted by Gasteiger charge is -1.92. The van der Waals surface area contributed by atoms with Gasteiger partial charge in [0, 0.05) is 0 Å². The van der Waals surface area contributed by atoms with E-state index in [1.807, 2.05) is 0 Å². The highest BCUT2D eigenvalue weighted by molar-refractivity contribution is 6.68. The second-order valence-corrected chi connectivity index (χ2v) is 4.42. The number of hydrogen-bond donors (Lipinski definition) is 1. The molecule has 0 aromatic carbocycles. The largest absolute Gasteiger partial charge is 0.387 e. The van der Waals surface area contributed by atoms with Crippen LogP contribution in [0, 0.1) is 0 Å². The summed E-state index contributed by atoms with van der Waals surface area (Å²) in [6.07, 6.45) is -1.03. The van der Waals surface area contributed by atoms with Crippen molar-refractivity contribution in [3.63, 3.8) is 0 Å². The summed E-state index contributed by atoms with van der Waals surface area (Å²) in [6.45, 7) is 0. The molecule has 8 heavy (non-hydrogen) atoms. The van der Waals surface area contributed by atoms with Gasteiger partial charge in [-0.2, -0.15) is 0 Å². The fraction of sp³-hybridized carbons (Fsp3) is 1.00. The lowest BCUT2D eigenvalue weighted by Crippen LogP contribution is -1.96. The van der Waals surface area contributed by atoms with E-state index in [2.05, 4.69) is 0 Å². The Kier molecular flexibility index (Phi) is 1.43. The smallest absolute Gasteiger partial charge is 0.182 e. The van der Waals surface area contributed by atoms with E-state index in [4.69, 9.17) is 51.5 Å². The van der Waals surface area contributed by atoms with E-state index in [9.17, 15) is 0 Å². The van der Waals surface area contributed by atoms with Crippen molar-refractivity contribution in [1.29, 1.82) is 0 Å². The van der Waals surface area contributed by atoms with Crippen LogP contribution in [0.5, 0.6) is 0 Å². The molecule has 0 spiro atoms. The highest BCUT2D eigenvalue weighted by Crippen LogP contribution is 2.63. The molecule has 1 aliphatic carbocycles. The van der Waals surface area contributed by atoms with E-state index < -0.39 is 14.8 Å². The van der Waals surface area contributed by atoms with Gasteiger partial charge in [-0.05, 0) is 0 Å². The summed E-state index contributed by atoms with van der Waals surface area (Å²) in [5.74, 6) is 0. The van der Waals surface area contributed by atoms with Crippen molar-refractivity contribution >= 4 is 46.4 Å². The first kappa shape index (κ1) is 7.23. The van der Waals surface area contributed by atoms with Gasteiger partial charge in [0.05, 0.1) is 0 Å². The Hall–Kier alpha value is 1.12. The van der Waals surface area contributed by atoms with Gasteiger partial charge in [0.1, 0.15) is 6.10 Å². The Bertz CT molecular complexity index is 106. The topological polar surface area (TPSA) is 20.2 Å². The molecule has 1 N–H and O–H groups in total. The van der Waals surface area contributed by atoms with Crippen molar-refractivity contribution in [2.45, 2.75) is 14.8 Å². The summed E-state index contributed by atoms with van der Waals surface area (Å²) in [5, 5.41) is 8.69. The van der Waals surface area contributed by atoms with Crippen LogP contribution in [-0.2, 0) is 0 Å². The molecule has 48 valence electrons. The average molecular weight is 196 g/mol. The standard InChI is InChI=1S/C3H2Cl4O/c4-2(5)1(8)3(2,6)7/h1,8H. The monoisotopic (exact) mass is 194 g/mol. The predicted molar refractivity (Wildman–Crippen MR) is 34.9 cm³/mol. The van der Waals surface area contributed by atoms with Gasteiger partial charge in [-0.15, -0.1) is 0 Å². The van der Waals surface area contributed by atoms with Gasteiger partial charge in [0.2, 0.25) is 0 Å². The van der Waals surface area contributed by atoms with Crippen molar-refractivity contribution in [1.82, 2.24) is 0 Å². The van der Waals surface area contributed by atoms with Gasteiger partial charge in [-0.25, -0.2) is 0 Å². The fourth-order valence-corrected chi connectivity index (χ4v) is 1.40. The maximum atomic E-state index is 8.69. The number of rotatable bonds is 0. The molecular weight excluding hydrogens is 194 g/mol. The molecule has 0 atom stereocenters. The second kappa shape index (κ2) is 1.58. The molecule has 1 aliphatic rings. The SMILES string of the molecule is OC1C(Cl)(Cl)C1(Cl)Cl. The molecule has 0 aliphatic heterocycles. The first-order valence-electron chi connectivity index (χ1n) is 1.84. The molecule has 5 heteroatoms. The van der Waals surface area contributed by atoms with Gasteiger partial charge < -0.3 is 5.11 Å². The van der Waals surface area contributed by atoms with Crippen molar-refractivity contribution in [3.8, 4) is 0 Å². The zero-order chi connectivity index (χ0) is 6.58. The van der Waals surface area contributed by atoms with Gasteiger partial charge in [-0.1, -0.05) is 46.4 Å². The highest BCUT2D eigenvalue weighted by atomic mass is 35.5. The first-order chi connectivity index (χ1) is 3.40. The normalized spacial score (nSPS) is 32.6. The molecule has 0 heterocycles. The van der Waals surface area contributed by atoms with E-state index in [0.29, 0.717) is 0 Å². The summed E-state index contributed by atoms with van der Waals surface area (Å²) in [4.78, 5) is 0. The summed E-state index contributed by atoms with van der Waals surface area (Å²) in [7, 11) is 0. The molecule has 0 saturated heterocycles. The molecule has 1 saturated carbocycles. The summed E-state index contributed by atoms with van der Waals surface area (Å²) in [5.41, 5.74) is 0. The second-order valence-electron chi connectivity index (χ2n) is 1.65. The third-order valence-corrected chi connectivity index (χ3v) is 3.45. The molecule has 0 radical (unpaired) electrons. The minimum Gasteiger partial charge on any atom is -0.387 e. The number of aliphatic hydroxyl groups is 1. The number of halogens is 4. The third kappa shape index (κ3) is 0.659. The fourth-order valence-electron chi connectivity index (χ4n) is 0.326. The molecule has 1 nitrogen and oxygen atoms in total. The van der Waals surface area contributed by atoms with E-state index in [0.717, 1.165) is 0 Å². The Morgan fingerprint density at radius 1 is 1.00 bits per heavy atom. The predicted octanol–water partition coefficient (Wildman–Crippen LogP) is 1.71. The van der Waals surface area contributed by atoms with Gasteiger partial charge in [0.15, 0.2) is 8.67 Å². The van der Waals surface area contributed by atoms with Crippen LogP contribution in [0.4, 0.5) is 0 Å². The average Bonchev–Trinajstić information content (AvgIpc) is 1.88. The van der Waals surface area contributed by atoms with Crippen LogP contribution in [0.2, 0.25) is 0 Å². The lowest BCUT2D eigenvalue weighted by atomic mass is 10.9. The molecule has 0 unspecified atom stereocenters. The van der Waals surface area contributed by atoms with E-state index in [1.165, 1.54) is 0 Å². The molecule has 0 aromatic rings. The van der Waals surface area contributed by atoms with Crippen molar-refractivity contribution in [2.75, 3.05) is 0 Å². The van der Waals surface area contributed by atoms with Gasteiger partial charge in [0.25, 0.3) is 0 Å². The Morgan fingerprint density at radius 2 is 1.12 bits per heavy atom. The van der Waals surface area contributed by atoms with Gasteiger partial charge >= 0.3 is 0 Å². The highest BCUT2D eigenvalue weighted by Gasteiger charge is 2.75. The zero-order valence-corrected chi connectivity index (χ0v) is 6.56. The number of alkyl halides is 4. The van der Waals surface area contributed by atoms with Crippen LogP contribution in [0.15, 0.2) is 0 Å². The maximum absolute atomic E-state index is 8.69. The third-order valence-electron chi connectivity index (χ3n) is 1.05. The van der Waals surface area contributed by atoms with Gasteiger partial charge in [-0.3, -0.25) is 0 Å². The molecular formula is C3H2Cl4O. The zero-order valence-electron chi connectivity index (χ0n) is 3.54. The van der Waals surface area contributed by atoms with E-state index >= 15 is 0 Å². The van der Waals surface area contributed by atoms with E-state index in [1.54, 1.807) is 0 Å². The minimum atomic E-state index is -1.36.